The molecule has 3 saturated heterocycles. The van der Waals surface area contributed by atoms with Gasteiger partial charge in [-0.1, -0.05) is 6.07 Å². The van der Waals surface area contributed by atoms with Gasteiger partial charge in [-0.05, 0) is 62.7 Å². The van der Waals surface area contributed by atoms with E-state index < -0.39 is 6.04 Å². The maximum absolute atomic E-state index is 13.0. The lowest BCUT2D eigenvalue weighted by Gasteiger charge is -2.45. The normalized spacial score (nSPS) is 25.7. The van der Waals surface area contributed by atoms with Gasteiger partial charge in [-0.3, -0.25) is 19.7 Å². The van der Waals surface area contributed by atoms with Gasteiger partial charge in [-0.2, -0.15) is 0 Å². The van der Waals surface area contributed by atoms with Gasteiger partial charge >= 0.3 is 0 Å². The third-order valence-electron chi connectivity index (χ3n) is 7.39. The highest BCUT2D eigenvalue weighted by Gasteiger charge is 2.41. The van der Waals surface area contributed by atoms with Crippen molar-refractivity contribution in [2.75, 3.05) is 31.1 Å². The average Bonchev–Trinajstić information content (AvgIpc) is 3.06. The Bertz CT molecular complexity index is 858. The second-order valence-corrected chi connectivity index (χ2v) is 8.94. The van der Waals surface area contributed by atoms with Crippen LogP contribution in [-0.2, 0) is 16.1 Å². The third-order valence-corrected chi connectivity index (χ3v) is 7.39. The van der Waals surface area contributed by atoms with Crippen LogP contribution >= 0.6 is 12.4 Å². The van der Waals surface area contributed by atoms with E-state index in [1.807, 2.05) is 12.1 Å². The number of hydrogen-bond donors (Lipinski definition) is 2. The smallest absolute Gasteiger partial charge is 0.255 e. The molecule has 4 heterocycles. The third kappa shape index (κ3) is 3.58. The van der Waals surface area contributed by atoms with E-state index in [0.29, 0.717) is 23.9 Å². The van der Waals surface area contributed by atoms with E-state index in [0.717, 1.165) is 37.4 Å². The highest BCUT2D eigenvalue weighted by atomic mass is 35.5. The summed E-state index contributed by atoms with van der Waals surface area (Å²) in [6, 6.07) is 5.38. The second-order valence-electron chi connectivity index (χ2n) is 8.94. The van der Waals surface area contributed by atoms with Crippen molar-refractivity contribution in [3.8, 4) is 0 Å². The van der Waals surface area contributed by atoms with E-state index in [9.17, 15) is 14.4 Å². The van der Waals surface area contributed by atoms with E-state index in [1.54, 1.807) is 4.90 Å². The lowest BCUT2D eigenvalue weighted by Crippen LogP contribution is -2.52. The Labute approximate surface area is 183 Å². The summed E-state index contributed by atoms with van der Waals surface area (Å²) in [5, 5.41) is 5.85. The molecule has 1 aromatic carbocycles. The van der Waals surface area contributed by atoms with Gasteiger partial charge in [0.15, 0.2) is 0 Å². The summed E-state index contributed by atoms with van der Waals surface area (Å²) in [6.07, 6.45) is 5.60. The number of imide groups is 1. The second kappa shape index (κ2) is 8.19. The lowest BCUT2D eigenvalue weighted by molar-refractivity contribution is -0.136. The first kappa shape index (κ1) is 21.1. The molecule has 4 aliphatic heterocycles. The Morgan fingerprint density at radius 1 is 1.00 bits per heavy atom. The molecule has 0 aromatic heterocycles. The summed E-state index contributed by atoms with van der Waals surface area (Å²) < 4.78 is 0. The fraction of sp³-hybridized carbons (Fsp3) is 0.591. The topological polar surface area (TPSA) is 81.8 Å². The standard InChI is InChI=1S/C22H28N4O3.ClH/c27-19-5-4-18(20(28)24-19)26-14-16-15(21(26)29)2-1-3-17(16)25-12-8-22(9-13-25)6-10-23-11-7-22;/h1-3,18,23H,4-14H2,(H,24,27,28);1H. The van der Waals surface area contributed by atoms with Crippen LogP contribution in [0.4, 0.5) is 5.69 Å². The zero-order valence-corrected chi connectivity index (χ0v) is 17.9. The van der Waals surface area contributed by atoms with Crippen LogP contribution in [0, 0.1) is 5.41 Å². The number of hydrogen-bond acceptors (Lipinski definition) is 5. The van der Waals surface area contributed by atoms with Crippen LogP contribution in [0.15, 0.2) is 18.2 Å². The minimum Gasteiger partial charge on any atom is -0.371 e. The number of halogens is 1. The molecule has 1 aromatic rings. The number of amides is 3. The molecule has 0 aliphatic carbocycles. The van der Waals surface area contributed by atoms with Crippen molar-refractivity contribution < 1.29 is 14.4 Å². The van der Waals surface area contributed by atoms with E-state index in [2.05, 4.69) is 21.6 Å². The molecule has 162 valence electrons. The Kier molecular flexibility index (Phi) is 5.77. The fourth-order valence-corrected chi connectivity index (χ4v) is 5.54. The van der Waals surface area contributed by atoms with Crippen molar-refractivity contribution in [1.29, 1.82) is 0 Å². The Hall–Kier alpha value is -2.12. The van der Waals surface area contributed by atoms with Crippen molar-refractivity contribution >= 4 is 35.8 Å². The van der Waals surface area contributed by atoms with Gasteiger partial charge in [-0.15, -0.1) is 12.4 Å². The number of carbonyl (C=O) groups excluding carboxylic acids is 3. The number of anilines is 1. The quantitative estimate of drug-likeness (QED) is 0.697. The van der Waals surface area contributed by atoms with Crippen LogP contribution in [0.5, 0.6) is 0 Å². The van der Waals surface area contributed by atoms with Crippen LogP contribution in [-0.4, -0.2) is 54.8 Å². The van der Waals surface area contributed by atoms with Crippen molar-refractivity contribution in [3.63, 3.8) is 0 Å². The molecule has 4 aliphatic rings. The van der Waals surface area contributed by atoms with Crippen LogP contribution in [0.3, 0.4) is 0 Å². The van der Waals surface area contributed by atoms with Gasteiger partial charge in [0.1, 0.15) is 6.04 Å². The van der Waals surface area contributed by atoms with Crippen molar-refractivity contribution in [2.24, 2.45) is 5.41 Å². The van der Waals surface area contributed by atoms with Crippen LogP contribution in [0.25, 0.3) is 0 Å². The molecule has 1 unspecified atom stereocenters. The maximum Gasteiger partial charge on any atom is 0.255 e. The van der Waals surface area contributed by atoms with Crippen LogP contribution in [0.1, 0.15) is 54.4 Å². The van der Waals surface area contributed by atoms with E-state index in [-0.39, 0.29) is 36.5 Å². The number of benzene rings is 1. The van der Waals surface area contributed by atoms with E-state index in [4.69, 9.17) is 0 Å². The summed E-state index contributed by atoms with van der Waals surface area (Å²) in [6.45, 7) is 4.72. The number of fused-ring (bicyclic) bond motifs is 1. The highest BCUT2D eigenvalue weighted by Crippen LogP contribution is 2.42. The minimum atomic E-state index is -0.556. The van der Waals surface area contributed by atoms with Crippen LogP contribution in [0.2, 0.25) is 0 Å². The zero-order chi connectivity index (χ0) is 20.0. The summed E-state index contributed by atoms with van der Waals surface area (Å²) >= 11 is 0. The van der Waals surface area contributed by atoms with E-state index >= 15 is 0 Å². The molecule has 5 rings (SSSR count). The SMILES string of the molecule is Cl.O=C1CCC(N2Cc3c(cccc3N3CCC4(CCNCC4)CC3)C2=O)C(=O)N1. The fourth-order valence-electron chi connectivity index (χ4n) is 5.54. The molecular weight excluding hydrogens is 404 g/mol. The molecule has 8 heteroatoms. The summed E-state index contributed by atoms with van der Waals surface area (Å²) in [5.41, 5.74) is 3.35. The van der Waals surface area contributed by atoms with Gasteiger partial charge < -0.3 is 15.1 Å². The molecule has 7 nitrogen and oxygen atoms in total. The van der Waals surface area contributed by atoms with E-state index in [1.165, 1.54) is 25.7 Å². The largest absolute Gasteiger partial charge is 0.371 e. The van der Waals surface area contributed by atoms with Crippen molar-refractivity contribution in [2.45, 2.75) is 51.1 Å². The Morgan fingerprint density at radius 3 is 2.43 bits per heavy atom. The molecule has 3 fully saturated rings. The highest BCUT2D eigenvalue weighted by molar-refractivity contribution is 6.06. The average molecular weight is 433 g/mol. The number of nitrogens with one attached hydrogen (secondary N) is 2. The first-order chi connectivity index (χ1) is 14.1. The Balaban J connectivity index is 0.00000218. The predicted molar refractivity (Wildman–Crippen MR) is 116 cm³/mol. The molecule has 0 saturated carbocycles. The number of nitrogens with zero attached hydrogens (tertiary/aromatic N) is 2. The molecule has 0 bridgehead atoms. The molecule has 30 heavy (non-hydrogen) atoms. The minimum absolute atomic E-state index is 0. The molecule has 2 N–H and O–H groups in total. The molecule has 1 spiro atoms. The lowest BCUT2D eigenvalue weighted by atomic mass is 9.71. The summed E-state index contributed by atoms with van der Waals surface area (Å²) in [4.78, 5) is 40.9. The number of carbonyl (C=O) groups is 3. The molecule has 0 radical (unpaired) electrons. The first-order valence-electron chi connectivity index (χ1n) is 10.8. The molecule has 3 amide bonds. The Morgan fingerprint density at radius 2 is 1.73 bits per heavy atom. The number of rotatable bonds is 2. The molecule has 1 atom stereocenters. The van der Waals surface area contributed by atoms with Gasteiger partial charge in [0.2, 0.25) is 11.8 Å². The van der Waals surface area contributed by atoms with Crippen molar-refractivity contribution in [1.82, 2.24) is 15.5 Å². The number of piperidine rings is 3. The van der Waals surface area contributed by atoms with Gasteiger partial charge in [-0.25, -0.2) is 0 Å². The molecular formula is C22H29ClN4O3. The van der Waals surface area contributed by atoms with Crippen LogP contribution < -0.4 is 15.5 Å². The predicted octanol–water partition coefficient (Wildman–Crippen LogP) is 1.84. The summed E-state index contributed by atoms with van der Waals surface area (Å²) in [5.74, 6) is -0.700. The monoisotopic (exact) mass is 432 g/mol. The van der Waals surface area contributed by atoms with Gasteiger partial charge in [0, 0.05) is 42.9 Å². The van der Waals surface area contributed by atoms with Gasteiger partial charge in [0.05, 0.1) is 0 Å². The van der Waals surface area contributed by atoms with Gasteiger partial charge in [0.25, 0.3) is 5.91 Å². The zero-order valence-electron chi connectivity index (χ0n) is 17.1. The first-order valence-corrected chi connectivity index (χ1v) is 10.8. The van der Waals surface area contributed by atoms with Crippen molar-refractivity contribution in [3.05, 3.63) is 29.3 Å². The maximum atomic E-state index is 13.0. The summed E-state index contributed by atoms with van der Waals surface area (Å²) in [7, 11) is 0.